The minimum atomic E-state index is -0.247. The first-order valence-corrected chi connectivity index (χ1v) is 22.4. The van der Waals surface area contributed by atoms with Crippen molar-refractivity contribution in [2.24, 2.45) is 0 Å². The van der Waals surface area contributed by atoms with E-state index in [0.717, 1.165) is 38.8 Å². The molecule has 0 fully saturated rings. The van der Waals surface area contributed by atoms with Crippen LogP contribution < -0.4 is 0 Å². The highest BCUT2D eigenvalue weighted by Gasteiger charge is 2.41. The minimum Gasteiger partial charge on any atom is -0.309 e. The molecular formula is C60H43N5. The van der Waals surface area contributed by atoms with E-state index in [1.54, 1.807) is 0 Å². The van der Waals surface area contributed by atoms with Gasteiger partial charge in [-0.1, -0.05) is 171 Å². The standard InChI is InChI=1S/C60H43N5/c1-36-22-26-38(27-23-36)57-61-58(39-28-24-37(2)25-29-39)63-59(62-57)42-31-30-41-35-44(33-32-40(41)34-42)65-49-20-12-9-17-46(49)52-51-45-16-8-11-19-48(45)60(3,4)54(51)56-53(55(52)65)47-18-10-13-21-50(47)64(56)43-14-6-5-7-15-43/h5-35H,1-4H3. The van der Waals surface area contributed by atoms with Crippen LogP contribution in [0.15, 0.2) is 188 Å². The van der Waals surface area contributed by atoms with Crippen molar-refractivity contribution in [3.8, 4) is 56.7 Å². The van der Waals surface area contributed by atoms with Gasteiger partial charge in [0, 0.05) is 55.0 Å². The van der Waals surface area contributed by atoms with E-state index in [-0.39, 0.29) is 5.41 Å². The quantitative estimate of drug-likeness (QED) is 0.174. The molecule has 0 saturated heterocycles. The summed E-state index contributed by atoms with van der Waals surface area (Å²) >= 11 is 0. The van der Waals surface area contributed by atoms with E-state index in [9.17, 15) is 0 Å². The highest BCUT2D eigenvalue weighted by molar-refractivity contribution is 6.32. The fourth-order valence-corrected chi connectivity index (χ4v) is 10.7. The number of hydrogen-bond donors (Lipinski definition) is 0. The van der Waals surface area contributed by atoms with Gasteiger partial charge < -0.3 is 9.13 Å². The molecule has 5 heteroatoms. The summed E-state index contributed by atoms with van der Waals surface area (Å²) in [6, 6.07) is 68.2. The number of nitrogens with zero attached hydrogens (tertiary/aromatic N) is 5. The van der Waals surface area contributed by atoms with Gasteiger partial charge in [-0.15, -0.1) is 0 Å². The smallest absolute Gasteiger partial charge is 0.164 e. The molecule has 0 radical (unpaired) electrons. The first-order valence-electron chi connectivity index (χ1n) is 22.4. The maximum Gasteiger partial charge on any atom is 0.164 e. The second-order valence-electron chi connectivity index (χ2n) is 18.2. The number of benzene rings is 9. The monoisotopic (exact) mass is 833 g/mol. The van der Waals surface area contributed by atoms with E-state index in [1.807, 2.05) is 0 Å². The van der Waals surface area contributed by atoms with Gasteiger partial charge >= 0.3 is 0 Å². The molecule has 1 aliphatic carbocycles. The zero-order valence-electron chi connectivity index (χ0n) is 36.6. The predicted molar refractivity (Wildman–Crippen MR) is 269 cm³/mol. The lowest BCUT2D eigenvalue weighted by molar-refractivity contribution is 0.664. The third-order valence-electron chi connectivity index (χ3n) is 13.8. The molecule has 0 aliphatic heterocycles. The first kappa shape index (κ1) is 37.4. The lowest BCUT2D eigenvalue weighted by Gasteiger charge is -2.24. The summed E-state index contributed by atoms with van der Waals surface area (Å²) in [7, 11) is 0. The van der Waals surface area contributed by atoms with Crippen molar-refractivity contribution < 1.29 is 0 Å². The fourth-order valence-electron chi connectivity index (χ4n) is 10.7. The van der Waals surface area contributed by atoms with Gasteiger partial charge in [0.2, 0.25) is 0 Å². The van der Waals surface area contributed by atoms with Gasteiger partial charge in [0.05, 0.1) is 22.1 Å². The average Bonchev–Trinajstić information content (AvgIpc) is 3.95. The summed E-state index contributed by atoms with van der Waals surface area (Å²) in [4.78, 5) is 15.2. The second kappa shape index (κ2) is 13.9. The molecule has 308 valence electrons. The molecule has 9 aromatic carbocycles. The van der Waals surface area contributed by atoms with Crippen molar-refractivity contribution in [2.75, 3.05) is 0 Å². The predicted octanol–water partition coefficient (Wildman–Crippen LogP) is 15.1. The molecule has 0 spiro atoms. The maximum atomic E-state index is 5.08. The Morgan fingerprint density at radius 3 is 1.58 bits per heavy atom. The summed E-state index contributed by atoms with van der Waals surface area (Å²) in [6.45, 7) is 9.02. The van der Waals surface area contributed by atoms with Crippen LogP contribution in [0.2, 0.25) is 0 Å². The van der Waals surface area contributed by atoms with E-state index >= 15 is 0 Å². The fraction of sp³-hybridized carbons (Fsp3) is 0.0833. The summed E-state index contributed by atoms with van der Waals surface area (Å²) in [6.07, 6.45) is 0. The molecule has 0 unspecified atom stereocenters. The third-order valence-corrected chi connectivity index (χ3v) is 13.8. The van der Waals surface area contributed by atoms with Crippen LogP contribution in [0.1, 0.15) is 36.1 Å². The van der Waals surface area contributed by atoms with Gasteiger partial charge in [0.15, 0.2) is 17.5 Å². The van der Waals surface area contributed by atoms with Gasteiger partial charge in [-0.3, -0.25) is 0 Å². The van der Waals surface area contributed by atoms with E-state index in [1.165, 1.54) is 77.0 Å². The minimum absolute atomic E-state index is 0.247. The molecule has 12 aromatic rings. The molecule has 0 atom stereocenters. The molecule has 3 aromatic heterocycles. The molecule has 1 aliphatic rings. The van der Waals surface area contributed by atoms with Gasteiger partial charge in [-0.05, 0) is 89.3 Å². The van der Waals surface area contributed by atoms with Gasteiger partial charge in [0.1, 0.15) is 0 Å². The third kappa shape index (κ3) is 5.55. The Labute approximate surface area is 376 Å². The SMILES string of the molecule is Cc1ccc(-c2nc(-c3ccc(C)cc3)nc(-c3ccc4cc(-n5c6ccccc6c6c7c(c8c(c9ccccc9n8-c8ccccc8)c65)C(C)(C)c5ccccc5-7)ccc4c3)n2)cc1. The molecular weight excluding hydrogens is 791 g/mol. The highest BCUT2D eigenvalue weighted by Crippen LogP contribution is 2.58. The Balaban J connectivity index is 1.07. The van der Waals surface area contributed by atoms with E-state index in [0.29, 0.717) is 17.5 Å². The second-order valence-corrected chi connectivity index (χ2v) is 18.2. The average molecular weight is 834 g/mol. The van der Waals surface area contributed by atoms with Crippen LogP contribution in [0.3, 0.4) is 0 Å². The Morgan fingerprint density at radius 2 is 0.923 bits per heavy atom. The number of fused-ring (bicyclic) bond motifs is 13. The number of hydrogen-bond acceptors (Lipinski definition) is 3. The van der Waals surface area contributed by atoms with E-state index in [2.05, 4.69) is 225 Å². The van der Waals surface area contributed by atoms with Crippen molar-refractivity contribution in [2.45, 2.75) is 33.1 Å². The number of rotatable bonds is 5. The van der Waals surface area contributed by atoms with Crippen LogP contribution in [0.4, 0.5) is 0 Å². The van der Waals surface area contributed by atoms with Crippen LogP contribution in [0.5, 0.6) is 0 Å². The Bertz CT molecular complexity index is 3850. The van der Waals surface area contributed by atoms with Gasteiger partial charge in [-0.25, -0.2) is 15.0 Å². The molecule has 0 bridgehead atoms. The summed E-state index contributed by atoms with van der Waals surface area (Å²) in [5.41, 5.74) is 17.5. The largest absolute Gasteiger partial charge is 0.309 e. The van der Waals surface area contributed by atoms with Crippen LogP contribution in [0, 0.1) is 13.8 Å². The summed E-state index contributed by atoms with van der Waals surface area (Å²) < 4.78 is 5.06. The normalized spacial score (nSPS) is 13.0. The Hall–Kier alpha value is -8.15. The van der Waals surface area contributed by atoms with E-state index in [4.69, 9.17) is 15.0 Å². The molecule has 3 heterocycles. The zero-order chi connectivity index (χ0) is 43.6. The van der Waals surface area contributed by atoms with Crippen molar-refractivity contribution >= 4 is 54.4 Å². The van der Waals surface area contributed by atoms with Gasteiger partial charge in [-0.2, -0.15) is 0 Å². The molecule has 65 heavy (non-hydrogen) atoms. The van der Waals surface area contributed by atoms with E-state index < -0.39 is 0 Å². The van der Waals surface area contributed by atoms with Crippen LogP contribution in [0.25, 0.3) is 111 Å². The molecule has 0 saturated carbocycles. The number of para-hydroxylation sites is 3. The Morgan fingerprint density at radius 1 is 0.415 bits per heavy atom. The summed E-state index contributed by atoms with van der Waals surface area (Å²) in [5.74, 6) is 1.96. The van der Waals surface area contributed by atoms with Gasteiger partial charge in [0.25, 0.3) is 0 Å². The maximum absolute atomic E-state index is 5.08. The zero-order valence-corrected chi connectivity index (χ0v) is 36.6. The number of aryl methyl sites for hydroxylation is 2. The van der Waals surface area contributed by atoms with Crippen molar-refractivity contribution in [1.82, 2.24) is 24.1 Å². The van der Waals surface area contributed by atoms with Crippen molar-refractivity contribution in [3.05, 3.63) is 210 Å². The van der Waals surface area contributed by atoms with Crippen LogP contribution >= 0.6 is 0 Å². The molecule has 0 amide bonds. The molecule has 0 N–H and O–H groups in total. The number of aromatic nitrogens is 5. The Kier molecular flexibility index (Phi) is 8.01. The van der Waals surface area contributed by atoms with Crippen LogP contribution in [-0.4, -0.2) is 24.1 Å². The highest BCUT2D eigenvalue weighted by atomic mass is 15.0. The first-order chi connectivity index (χ1) is 31.8. The van der Waals surface area contributed by atoms with Crippen molar-refractivity contribution in [3.63, 3.8) is 0 Å². The molecule has 5 nitrogen and oxygen atoms in total. The topological polar surface area (TPSA) is 48.5 Å². The lowest BCUT2D eigenvalue weighted by atomic mass is 9.81. The lowest BCUT2D eigenvalue weighted by Crippen LogP contribution is -2.16. The molecule has 13 rings (SSSR count). The van der Waals surface area contributed by atoms with Crippen LogP contribution in [-0.2, 0) is 5.41 Å². The summed E-state index contributed by atoms with van der Waals surface area (Å²) in [5, 5.41) is 7.32. The van der Waals surface area contributed by atoms with Crippen molar-refractivity contribution in [1.29, 1.82) is 0 Å².